The van der Waals surface area contributed by atoms with Gasteiger partial charge in [0.1, 0.15) is 11.5 Å². The van der Waals surface area contributed by atoms with E-state index in [4.69, 9.17) is 11.6 Å². The predicted molar refractivity (Wildman–Crippen MR) is 67.7 cm³/mol. The number of anilines is 1. The average Bonchev–Trinajstić information content (AvgIpc) is 2.84. The van der Waals surface area contributed by atoms with Crippen molar-refractivity contribution in [3.8, 4) is 0 Å². The number of likely N-dealkylation sites (N-methyl/N-ethyl adjacent to an activating group) is 1. The smallest absolute Gasteiger partial charge is 0.295 e. The van der Waals surface area contributed by atoms with Gasteiger partial charge in [0.05, 0.1) is 16.0 Å². The normalized spacial score (nSPS) is 18.9. The highest BCUT2D eigenvalue weighted by Gasteiger charge is 2.26. The molecule has 0 saturated carbocycles. The van der Waals surface area contributed by atoms with Crippen LogP contribution < -0.4 is 10.2 Å². The van der Waals surface area contributed by atoms with Crippen molar-refractivity contribution in [2.45, 2.75) is 12.5 Å². The van der Waals surface area contributed by atoms with Gasteiger partial charge in [-0.05, 0) is 19.0 Å². The summed E-state index contributed by atoms with van der Waals surface area (Å²) in [4.78, 5) is 12.1. The topological polar surface area (TPSA) is 58.4 Å². The van der Waals surface area contributed by atoms with Crippen LogP contribution in [0.5, 0.6) is 0 Å². The molecular formula is C11H13ClFN3O2. The molecule has 2 rings (SSSR count). The fraction of sp³-hybridized carbons (Fsp3) is 0.455. The third kappa shape index (κ3) is 2.39. The molecule has 7 heteroatoms. The summed E-state index contributed by atoms with van der Waals surface area (Å²) >= 11 is 5.70. The molecule has 0 aliphatic carbocycles. The van der Waals surface area contributed by atoms with Crippen molar-refractivity contribution in [2.24, 2.45) is 0 Å². The molecule has 98 valence electrons. The molecule has 1 aliphatic heterocycles. The molecule has 1 aliphatic rings. The lowest BCUT2D eigenvalue weighted by Crippen LogP contribution is -2.33. The summed E-state index contributed by atoms with van der Waals surface area (Å²) in [6.45, 7) is 1.63. The summed E-state index contributed by atoms with van der Waals surface area (Å²) in [6, 6.07) is 2.34. The number of nitrogens with zero attached hydrogens (tertiary/aromatic N) is 2. The molecule has 0 bridgehead atoms. The Morgan fingerprint density at radius 1 is 1.61 bits per heavy atom. The van der Waals surface area contributed by atoms with Gasteiger partial charge in [0.2, 0.25) is 0 Å². The highest BCUT2D eigenvalue weighted by atomic mass is 35.5. The summed E-state index contributed by atoms with van der Waals surface area (Å²) in [5.74, 6) is -0.773. The van der Waals surface area contributed by atoms with Gasteiger partial charge < -0.3 is 10.2 Å². The monoisotopic (exact) mass is 273 g/mol. The summed E-state index contributed by atoms with van der Waals surface area (Å²) in [5.41, 5.74) is 0.0893. The highest BCUT2D eigenvalue weighted by Crippen LogP contribution is 2.34. The Morgan fingerprint density at radius 3 is 2.89 bits per heavy atom. The molecule has 0 radical (unpaired) electrons. The molecule has 1 unspecified atom stereocenters. The Kier molecular flexibility index (Phi) is 3.68. The van der Waals surface area contributed by atoms with Crippen LogP contribution in [0.1, 0.15) is 6.42 Å². The first-order chi connectivity index (χ1) is 8.50. The van der Waals surface area contributed by atoms with Crippen molar-refractivity contribution < 1.29 is 9.31 Å². The van der Waals surface area contributed by atoms with Crippen LogP contribution in [0.15, 0.2) is 12.1 Å². The van der Waals surface area contributed by atoms with Gasteiger partial charge in [-0.1, -0.05) is 11.6 Å². The van der Waals surface area contributed by atoms with E-state index in [0.29, 0.717) is 5.69 Å². The van der Waals surface area contributed by atoms with Crippen LogP contribution in [0, 0.1) is 15.9 Å². The highest BCUT2D eigenvalue weighted by molar-refractivity contribution is 6.31. The molecule has 1 saturated heterocycles. The zero-order valence-electron chi connectivity index (χ0n) is 9.82. The fourth-order valence-corrected chi connectivity index (χ4v) is 2.28. The van der Waals surface area contributed by atoms with E-state index in [-0.39, 0.29) is 16.8 Å². The molecule has 1 N–H and O–H groups in total. The SMILES string of the molecule is CN(c1cc(Cl)c(F)cc1[N+](=O)[O-])C1CCNC1. The lowest BCUT2D eigenvalue weighted by molar-refractivity contribution is -0.384. The average molecular weight is 274 g/mol. The second kappa shape index (κ2) is 5.07. The van der Waals surface area contributed by atoms with Crippen molar-refractivity contribution in [3.63, 3.8) is 0 Å². The Hall–Kier alpha value is -1.40. The second-order valence-corrected chi connectivity index (χ2v) is 4.68. The van der Waals surface area contributed by atoms with E-state index in [2.05, 4.69) is 5.32 Å². The molecule has 1 heterocycles. The third-order valence-electron chi connectivity index (χ3n) is 3.18. The molecule has 18 heavy (non-hydrogen) atoms. The number of benzene rings is 1. The third-order valence-corrected chi connectivity index (χ3v) is 3.47. The van der Waals surface area contributed by atoms with Gasteiger partial charge in [0.25, 0.3) is 5.69 Å². The predicted octanol–water partition coefficient (Wildman–Crippen LogP) is 2.19. The molecule has 0 spiro atoms. The van der Waals surface area contributed by atoms with Crippen molar-refractivity contribution in [1.29, 1.82) is 0 Å². The summed E-state index contributed by atoms with van der Waals surface area (Å²) < 4.78 is 13.3. The van der Waals surface area contributed by atoms with Crippen LogP contribution in [0.3, 0.4) is 0 Å². The first-order valence-electron chi connectivity index (χ1n) is 5.57. The van der Waals surface area contributed by atoms with Crippen molar-refractivity contribution >= 4 is 23.0 Å². The van der Waals surface area contributed by atoms with Crippen LogP contribution >= 0.6 is 11.6 Å². The van der Waals surface area contributed by atoms with Gasteiger partial charge in [-0.25, -0.2) is 4.39 Å². The maximum atomic E-state index is 13.3. The van der Waals surface area contributed by atoms with E-state index in [1.165, 1.54) is 6.07 Å². The van der Waals surface area contributed by atoms with Crippen molar-refractivity contribution in [2.75, 3.05) is 25.0 Å². The van der Waals surface area contributed by atoms with E-state index < -0.39 is 10.7 Å². The van der Waals surface area contributed by atoms with E-state index in [1.54, 1.807) is 11.9 Å². The first-order valence-corrected chi connectivity index (χ1v) is 5.95. The zero-order chi connectivity index (χ0) is 13.3. The summed E-state index contributed by atoms with van der Waals surface area (Å²) in [6.07, 6.45) is 0.892. The van der Waals surface area contributed by atoms with Crippen LogP contribution in [0.4, 0.5) is 15.8 Å². The maximum Gasteiger partial charge on any atom is 0.295 e. The number of hydrogen-bond acceptors (Lipinski definition) is 4. The van der Waals surface area contributed by atoms with Crippen LogP contribution in [0.2, 0.25) is 5.02 Å². The molecule has 0 amide bonds. The molecule has 1 atom stereocenters. The Balaban J connectivity index is 2.41. The molecular weight excluding hydrogens is 261 g/mol. The minimum atomic E-state index is -0.773. The molecule has 1 aromatic rings. The standard InChI is InChI=1S/C11H13ClFN3O2/c1-15(7-2-3-14-6-7)10-4-8(12)9(13)5-11(10)16(17)18/h4-5,7,14H,2-3,6H2,1H3. The van der Waals surface area contributed by atoms with E-state index in [1.807, 2.05) is 0 Å². The van der Waals surface area contributed by atoms with Crippen molar-refractivity contribution in [1.82, 2.24) is 5.32 Å². The lowest BCUT2D eigenvalue weighted by Gasteiger charge is -2.25. The number of nitrogens with one attached hydrogen (secondary N) is 1. The largest absolute Gasteiger partial charge is 0.365 e. The Labute approximate surface area is 109 Å². The van der Waals surface area contributed by atoms with E-state index in [0.717, 1.165) is 25.6 Å². The minimum absolute atomic E-state index is 0.103. The van der Waals surface area contributed by atoms with E-state index in [9.17, 15) is 14.5 Å². The second-order valence-electron chi connectivity index (χ2n) is 4.27. The van der Waals surface area contributed by atoms with Crippen molar-refractivity contribution in [3.05, 3.63) is 33.1 Å². The Morgan fingerprint density at radius 2 is 2.33 bits per heavy atom. The van der Waals surface area contributed by atoms with Gasteiger partial charge in [-0.2, -0.15) is 0 Å². The maximum absolute atomic E-state index is 13.3. The number of halogens is 2. The quantitative estimate of drug-likeness (QED) is 0.677. The van der Waals surface area contributed by atoms with E-state index >= 15 is 0 Å². The molecule has 1 fully saturated rings. The minimum Gasteiger partial charge on any atom is -0.365 e. The Bertz CT molecular complexity index is 478. The number of rotatable bonds is 3. The van der Waals surface area contributed by atoms with Gasteiger partial charge >= 0.3 is 0 Å². The summed E-state index contributed by atoms with van der Waals surface area (Å²) in [7, 11) is 1.76. The van der Waals surface area contributed by atoms with Crippen LogP contribution in [-0.4, -0.2) is 31.1 Å². The number of nitro groups is 1. The summed E-state index contributed by atoms with van der Waals surface area (Å²) in [5, 5.41) is 14.0. The van der Waals surface area contributed by atoms with Gasteiger partial charge in [0, 0.05) is 19.6 Å². The lowest BCUT2D eigenvalue weighted by atomic mass is 10.1. The molecule has 5 nitrogen and oxygen atoms in total. The molecule has 1 aromatic carbocycles. The van der Waals surface area contributed by atoms with Crippen LogP contribution in [-0.2, 0) is 0 Å². The fourth-order valence-electron chi connectivity index (χ4n) is 2.12. The zero-order valence-corrected chi connectivity index (χ0v) is 10.6. The number of nitro benzene ring substituents is 1. The first kappa shape index (κ1) is 13.0. The van der Waals surface area contributed by atoms with Gasteiger partial charge in [-0.15, -0.1) is 0 Å². The molecule has 0 aromatic heterocycles. The van der Waals surface area contributed by atoms with Crippen LogP contribution in [0.25, 0.3) is 0 Å². The van der Waals surface area contributed by atoms with Gasteiger partial charge in [-0.3, -0.25) is 10.1 Å². The number of hydrogen-bond donors (Lipinski definition) is 1. The van der Waals surface area contributed by atoms with Gasteiger partial charge in [0.15, 0.2) is 0 Å².